The van der Waals surface area contributed by atoms with E-state index in [0.29, 0.717) is 16.1 Å². The van der Waals surface area contributed by atoms with E-state index in [1.165, 1.54) is 13.3 Å². The number of hydrogen-bond donors (Lipinski definition) is 1. The maximum atomic E-state index is 10.0. The molecule has 1 amide bonds. The highest BCUT2D eigenvalue weighted by molar-refractivity contribution is 6.35. The van der Waals surface area contributed by atoms with Crippen LogP contribution in [-0.2, 0) is 4.79 Å². The largest absolute Gasteiger partial charge is 0.353 e. The maximum absolute atomic E-state index is 10.0. The van der Waals surface area contributed by atoms with Gasteiger partial charge in [-0.2, -0.15) is 0 Å². The minimum atomic E-state index is -0.0140. The molecule has 1 fully saturated rings. The smallest absolute Gasteiger partial charge is 0.217 e. The van der Waals surface area contributed by atoms with E-state index in [4.69, 9.17) is 0 Å². The average molecular weight is 199 g/mol. The zero-order valence-electron chi connectivity index (χ0n) is 8.64. The third-order valence-corrected chi connectivity index (χ3v) is 4.00. The summed E-state index contributed by atoms with van der Waals surface area (Å²) in [5.41, 5.74) is 0. The molecule has 3 heteroatoms. The summed E-state index contributed by atoms with van der Waals surface area (Å²) in [7, 11) is 0.508. The van der Waals surface area contributed by atoms with Crippen molar-refractivity contribution >= 4 is 15.4 Å². The van der Waals surface area contributed by atoms with Crippen LogP contribution in [0.25, 0.3) is 0 Å². The van der Waals surface area contributed by atoms with Crippen LogP contribution in [0.5, 0.6) is 0 Å². The van der Waals surface area contributed by atoms with Crippen LogP contribution < -0.4 is 5.32 Å². The molecule has 76 valence electrons. The lowest BCUT2D eigenvalue weighted by Gasteiger charge is -2.04. The molecule has 0 aromatic heterocycles. The van der Waals surface area contributed by atoms with Crippen molar-refractivity contribution in [3.8, 4) is 0 Å². The van der Waals surface area contributed by atoms with E-state index in [-0.39, 0.29) is 5.91 Å². The third kappa shape index (κ3) is 11.4. The van der Waals surface area contributed by atoms with E-state index in [1.807, 2.05) is 0 Å². The van der Waals surface area contributed by atoms with E-state index < -0.39 is 0 Å². The van der Waals surface area contributed by atoms with Gasteiger partial charge in [0, 0.05) is 23.0 Å². The second-order valence-electron chi connectivity index (χ2n) is 3.35. The molecule has 1 saturated heterocycles. The van der Waals surface area contributed by atoms with Crippen molar-refractivity contribution in [2.45, 2.75) is 38.3 Å². The summed E-state index contributed by atoms with van der Waals surface area (Å²) >= 11 is 0. The first-order chi connectivity index (χ1) is 6.27. The molecule has 0 unspecified atom stereocenters. The molecule has 0 bridgehead atoms. The molecule has 1 rings (SSSR count). The fraction of sp³-hybridized carbons (Fsp3) is 0.700. The molecular weight excluding hydrogens is 178 g/mol. The van der Waals surface area contributed by atoms with Crippen molar-refractivity contribution in [2.75, 3.05) is 6.54 Å². The minimum absolute atomic E-state index is 0.0140. The molecule has 0 spiro atoms. The highest BCUT2D eigenvalue weighted by atomic mass is 28.2. The molecular formula is C10H21NOSi. The predicted octanol–water partition coefficient (Wildman–Crippen LogP) is 1.48. The monoisotopic (exact) mass is 199 g/mol. The number of carbonyl (C=O) groups excluding carboxylic acids is 1. The molecule has 1 aliphatic rings. The van der Waals surface area contributed by atoms with Gasteiger partial charge in [-0.25, -0.2) is 0 Å². The average Bonchev–Trinajstić information content (AvgIpc) is 2.18. The van der Waals surface area contributed by atoms with Gasteiger partial charge in [-0.1, -0.05) is 37.4 Å². The number of rotatable bonds is 2. The molecule has 0 radical (unpaired) electrons. The Morgan fingerprint density at radius 3 is 2.23 bits per heavy atom. The summed E-state index contributed by atoms with van der Waals surface area (Å²) in [4.78, 5) is 10.0. The van der Waals surface area contributed by atoms with E-state index in [1.54, 1.807) is 31.0 Å². The van der Waals surface area contributed by atoms with Gasteiger partial charge in [-0.3, -0.25) is 4.79 Å². The molecule has 1 N–H and O–H groups in total. The molecule has 0 atom stereocenters. The molecule has 0 aliphatic carbocycles. The van der Waals surface area contributed by atoms with Crippen LogP contribution in [0.2, 0.25) is 12.1 Å². The molecule has 0 saturated carbocycles. The number of hydrogen-bond acceptors (Lipinski definition) is 1. The minimum Gasteiger partial charge on any atom is -0.353 e. The van der Waals surface area contributed by atoms with Crippen LogP contribution in [0.1, 0.15) is 26.2 Å². The third-order valence-electron chi connectivity index (χ3n) is 2.00. The lowest BCUT2D eigenvalue weighted by atomic mass is 10.3. The van der Waals surface area contributed by atoms with Crippen molar-refractivity contribution in [1.82, 2.24) is 5.32 Å². The second-order valence-corrected chi connectivity index (χ2v) is 5.47. The fourth-order valence-corrected chi connectivity index (χ4v) is 3.04. The lowest BCUT2D eigenvalue weighted by Crippen LogP contribution is -2.18. The summed E-state index contributed by atoms with van der Waals surface area (Å²) in [6, 6.07) is 3.28. The quantitative estimate of drug-likeness (QED) is 0.530. The Bertz CT molecular complexity index is 132. The van der Waals surface area contributed by atoms with Crippen molar-refractivity contribution in [3.63, 3.8) is 0 Å². The first-order valence-corrected chi connectivity index (χ1v) is 7.12. The van der Waals surface area contributed by atoms with Crippen molar-refractivity contribution in [3.05, 3.63) is 12.7 Å². The van der Waals surface area contributed by atoms with Gasteiger partial charge in [-0.05, 0) is 0 Å². The Morgan fingerprint density at radius 1 is 1.46 bits per heavy atom. The highest BCUT2D eigenvalue weighted by Gasteiger charge is 1.96. The Morgan fingerprint density at radius 2 is 2.08 bits per heavy atom. The second kappa shape index (κ2) is 9.51. The predicted molar refractivity (Wildman–Crippen MR) is 60.9 cm³/mol. The van der Waals surface area contributed by atoms with Crippen LogP contribution in [0.4, 0.5) is 0 Å². The molecule has 0 aromatic carbocycles. The van der Waals surface area contributed by atoms with E-state index in [0.717, 1.165) is 0 Å². The van der Waals surface area contributed by atoms with Crippen LogP contribution in [-0.4, -0.2) is 22.0 Å². The first-order valence-electron chi connectivity index (χ1n) is 5.12. The van der Waals surface area contributed by atoms with E-state index in [2.05, 4.69) is 11.9 Å². The summed E-state index contributed by atoms with van der Waals surface area (Å²) < 4.78 is 0. The normalized spacial score (nSPS) is 15.2. The van der Waals surface area contributed by atoms with Gasteiger partial charge in [0.05, 0.1) is 0 Å². The van der Waals surface area contributed by atoms with Crippen LogP contribution in [0.15, 0.2) is 12.7 Å². The molecule has 0 aromatic rings. The molecule has 1 heterocycles. The van der Waals surface area contributed by atoms with E-state index >= 15 is 0 Å². The van der Waals surface area contributed by atoms with Crippen LogP contribution in [0, 0.1) is 0 Å². The van der Waals surface area contributed by atoms with Gasteiger partial charge in [0.1, 0.15) is 0 Å². The maximum Gasteiger partial charge on any atom is 0.217 e. The zero-order chi connectivity index (χ0) is 9.94. The lowest BCUT2D eigenvalue weighted by molar-refractivity contribution is -0.118. The zero-order valence-corrected chi connectivity index (χ0v) is 10.1. The first kappa shape index (κ1) is 12.4. The topological polar surface area (TPSA) is 29.1 Å². The van der Waals surface area contributed by atoms with E-state index in [9.17, 15) is 4.79 Å². The Labute approximate surface area is 83.6 Å². The van der Waals surface area contributed by atoms with Crippen molar-refractivity contribution in [1.29, 1.82) is 0 Å². The Kier molecular flexibility index (Phi) is 9.09. The summed E-state index contributed by atoms with van der Waals surface area (Å²) in [6.07, 6.45) is 6.30. The summed E-state index contributed by atoms with van der Waals surface area (Å²) in [5.74, 6) is -0.0140. The van der Waals surface area contributed by atoms with Gasteiger partial charge in [-0.15, -0.1) is 6.58 Å². The van der Waals surface area contributed by atoms with Gasteiger partial charge in [0.15, 0.2) is 0 Å². The molecule has 1 aliphatic heterocycles. The Hall–Kier alpha value is -0.573. The summed E-state index contributed by atoms with van der Waals surface area (Å²) in [6.45, 7) is 5.46. The Balaban J connectivity index is 0.000000223. The number of carbonyl (C=O) groups is 1. The van der Waals surface area contributed by atoms with Gasteiger partial charge in [0.25, 0.3) is 0 Å². The van der Waals surface area contributed by atoms with Crippen LogP contribution >= 0.6 is 0 Å². The fourth-order valence-electron chi connectivity index (χ4n) is 1.28. The van der Waals surface area contributed by atoms with Crippen molar-refractivity contribution < 1.29 is 4.79 Å². The van der Waals surface area contributed by atoms with Crippen molar-refractivity contribution in [2.24, 2.45) is 0 Å². The molecule has 13 heavy (non-hydrogen) atoms. The molecule has 2 nitrogen and oxygen atoms in total. The van der Waals surface area contributed by atoms with Gasteiger partial charge < -0.3 is 5.32 Å². The van der Waals surface area contributed by atoms with Gasteiger partial charge >= 0.3 is 0 Å². The highest BCUT2D eigenvalue weighted by Crippen LogP contribution is 2.10. The van der Waals surface area contributed by atoms with Gasteiger partial charge in [0.2, 0.25) is 5.91 Å². The standard InChI is InChI=1S/C5H9NO.C5H12Si/c1-3-4-6-5(2)7;1-2-4-6-5-3-1/h3H,1,4H2,2H3,(H,6,7);1-6H2. The van der Waals surface area contributed by atoms with Crippen LogP contribution in [0.3, 0.4) is 0 Å². The number of nitrogens with one attached hydrogen (secondary N) is 1. The summed E-state index contributed by atoms with van der Waals surface area (Å²) in [5, 5.41) is 2.54. The SMILES string of the molecule is C1CC[SiH2]CC1.C=CCNC(C)=O. The number of amides is 1.